The van der Waals surface area contributed by atoms with Crippen LogP contribution in [0.5, 0.6) is 5.75 Å². The molecule has 0 aliphatic carbocycles. The summed E-state index contributed by atoms with van der Waals surface area (Å²) in [6.45, 7) is 0. The second-order valence-electron chi connectivity index (χ2n) is 1.74. The van der Waals surface area contributed by atoms with Crippen LogP contribution in [0.2, 0.25) is 0 Å². The number of benzene rings is 1. The molecule has 1 aromatic carbocycles. The molecule has 66 valence electrons. The smallest absolute Gasteiger partial charge is 0.313 e. The maximum atomic E-state index is 8.98. The number of carbonyl (C=O) groups excluding carboxylic acids is 1. The van der Waals surface area contributed by atoms with Gasteiger partial charge in [-0.3, -0.25) is 4.79 Å². The molecule has 0 aliphatic rings. The lowest BCUT2D eigenvalue weighted by molar-refractivity contribution is 0.275. The Hall–Kier alpha value is -0.730. The lowest BCUT2D eigenvalue weighted by Crippen LogP contribution is -1.78. The average Bonchev–Trinajstić information content (AvgIpc) is 2.05. The molecule has 0 amide bonds. The Kier molecular flexibility index (Phi) is 6.53. The molecule has 1 aromatic rings. The number of halogens is 2. The van der Waals surface area contributed by atoms with Gasteiger partial charge in [0.1, 0.15) is 5.75 Å². The monoisotopic (exact) mass is 206 g/mol. The average molecular weight is 207 g/mol. The molecule has 0 fully saturated rings. The van der Waals surface area contributed by atoms with Crippen molar-refractivity contribution in [3.8, 4) is 5.75 Å². The molecule has 0 heterocycles. The molecule has 0 N–H and O–H groups in total. The van der Waals surface area contributed by atoms with E-state index in [0.29, 0.717) is 0 Å². The Balaban J connectivity index is 0.000000261. The third kappa shape index (κ3) is 7.38. The number of para-hydroxylation sites is 1. The first-order valence-electron chi connectivity index (χ1n) is 3.11. The fourth-order valence-corrected chi connectivity index (χ4v) is 0.557. The number of ether oxygens (including phenoxy) is 1. The summed E-state index contributed by atoms with van der Waals surface area (Å²) in [7, 11) is 1.66. The normalized spacial score (nSPS) is 7.92. The number of hydrogen-bond donors (Lipinski definition) is 0. The zero-order chi connectivity index (χ0) is 9.40. The Labute approximate surface area is 81.0 Å². The van der Waals surface area contributed by atoms with Crippen LogP contribution in [0.4, 0.5) is 4.79 Å². The minimum atomic E-state index is -0.889. The molecule has 0 aromatic heterocycles. The Morgan fingerprint density at radius 3 is 1.92 bits per heavy atom. The highest BCUT2D eigenvalue weighted by Gasteiger charge is 1.80. The van der Waals surface area contributed by atoms with Gasteiger partial charge in [-0.25, -0.2) is 0 Å². The summed E-state index contributed by atoms with van der Waals surface area (Å²) >= 11 is 8.80. The van der Waals surface area contributed by atoms with Crippen molar-refractivity contribution in [3.63, 3.8) is 0 Å². The van der Waals surface area contributed by atoms with Gasteiger partial charge >= 0.3 is 4.70 Å². The predicted molar refractivity (Wildman–Crippen MR) is 50.1 cm³/mol. The van der Waals surface area contributed by atoms with E-state index < -0.39 is 4.70 Å². The SMILES string of the molecule is COc1ccccc1.O=C(Cl)Cl. The standard InChI is InChI=1S/C7H8O.CCl2O/c1-8-7-5-3-2-4-6-7;2-1(3)4/h2-6H,1H3;. The van der Waals surface area contributed by atoms with E-state index in [4.69, 9.17) is 9.53 Å². The zero-order valence-corrected chi connectivity index (χ0v) is 7.97. The molecule has 0 spiro atoms. The summed E-state index contributed by atoms with van der Waals surface area (Å²) in [5.74, 6) is 0.910. The van der Waals surface area contributed by atoms with Crippen LogP contribution in [0.15, 0.2) is 30.3 Å². The molecule has 0 bridgehead atoms. The van der Waals surface area contributed by atoms with Gasteiger partial charge in [0.25, 0.3) is 0 Å². The number of carbonyl (C=O) groups is 1. The maximum Gasteiger partial charge on any atom is 0.313 e. The van der Waals surface area contributed by atoms with Gasteiger partial charge in [0, 0.05) is 0 Å². The van der Waals surface area contributed by atoms with Gasteiger partial charge in [0.15, 0.2) is 0 Å². The first-order chi connectivity index (χ1) is 5.66. The fourth-order valence-electron chi connectivity index (χ4n) is 0.557. The summed E-state index contributed by atoms with van der Waals surface area (Å²) in [5, 5.41) is 0. The van der Waals surface area contributed by atoms with Crippen molar-refractivity contribution in [1.82, 2.24) is 0 Å². The van der Waals surface area contributed by atoms with Crippen molar-refractivity contribution in [1.29, 1.82) is 0 Å². The highest BCUT2D eigenvalue weighted by atomic mass is 35.5. The summed E-state index contributed by atoms with van der Waals surface area (Å²) in [6, 6.07) is 9.68. The Bertz CT molecular complexity index is 220. The van der Waals surface area contributed by atoms with Crippen molar-refractivity contribution in [3.05, 3.63) is 30.3 Å². The van der Waals surface area contributed by atoms with Gasteiger partial charge in [-0.2, -0.15) is 0 Å². The molecule has 0 radical (unpaired) electrons. The van der Waals surface area contributed by atoms with E-state index >= 15 is 0 Å². The molecule has 1 rings (SSSR count). The van der Waals surface area contributed by atoms with Gasteiger partial charge in [-0.1, -0.05) is 18.2 Å². The minimum absolute atomic E-state index is 0.889. The van der Waals surface area contributed by atoms with E-state index in [-0.39, 0.29) is 0 Å². The zero-order valence-electron chi connectivity index (χ0n) is 6.46. The van der Waals surface area contributed by atoms with Gasteiger partial charge in [-0.15, -0.1) is 0 Å². The molecule has 0 saturated heterocycles. The van der Waals surface area contributed by atoms with E-state index in [9.17, 15) is 0 Å². The van der Waals surface area contributed by atoms with Crippen molar-refractivity contribution >= 4 is 27.9 Å². The minimum Gasteiger partial charge on any atom is -0.497 e. The quantitative estimate of drug-likeness (QED) is 0.660. The summed E-state index contributed by atoms with van der Waals surface area (Å²) in [6.07, 6.45) is 0. The fraction of sp³-hybridized carbons (Fsp3) is 0.125. The van der Waals surface area contributed by atoms with E-state index in [1.807, 2.05) is 30.3 Å². The highest BCUT2D eigenvalue weighted by molar-refractivity contribution is 6.93. The van der Waals surface area contributed by atoms with Gasteiger partial charge in [0.05, 0.1) is 7.11 Å². The van der Waals surface area contributed by atoms with E-state index in [2.05, 4.69) is 23.2 Å². The second kappa shape index (κ2) is 6.95. The van der Waals surface area contributed by atoms with Crippen LogP contribution in [0, 0.1) is 0 Å². The van der Waals surface area contributed by atoms with Crippen molar-refractivity contribution in [2.75, 3.05) is 7.11 Å². The first-order valence-corrected chi connectivity index (χ1v) is 3.86. The number of methoxy groups -OCH3 is 1. The molecule has 0 atom stereocenters. The Morgan fingerprint density at radius 1 is 1.25 bits per heavy atom. The van der Waals surface area contributed by atoms with E-state index in [0.717, 1.165) is 5.75 Å². The first kappa shape index (κ1) is 11.3. The lowest BCUT2D eigenvalue weighted by Gasteiger charge is -1.93. The maximum absolute atomic E-state index is 8.98. The largest absolute Gasteiger partial charge is 0.497 e. The summed E-state index contributed by atoms with van der Waals surface area (Å²) < 4.78 is 4.03. The van der Waals surface area contributed by atoms with Crippen LogP contribution in [0.1, 0.15) is 0 Å². The molecule has 12 heavy (non-hydrogen) atoms. The molecule has 0 saturated carbocycles. The molecule has 2 nitrogen and oxygen atoms in total. The number of rotatable bonds is 1. The van der Waals surface area contributed by atoms with Crippen LogP contribution < -0.4 is 4.74 Å². The molecule has 0 aliphatic heterocycles. The van der Waals surface area contributed by atoms with Crippen molar-refractivity contribution < 1.29 is 9.53 Å². The van der Waals surface area contributed by atoms with Crippen LogP contribution in [0.25, 0.3) is 0 Å². The molecule has 0 unspecified atom stereocenters. The highest BCUT2D eigenvalue weighted by Crippen LogP contribution is 2.05. The molecular formula is C8H8Cl2O2. The van der Waals surface area contributed by atoms with E-state index in [1.54, 1.807) is 7.11 Å². The summed E-state index contributed by atoms with van der Waals surface area (Å²) in [4.78, 5) is 8.98. The van der Waals surface area contributed by atoms with E-state index in [1.165, 1.54) is 0 Å². The van der Waals surface area contributed by atoms with Gasteiger partial charge < -0.3 is 4.74 Å². The number of hydrogen-bond acceptors (Lipinski definition) is 2. The molecular weight excluding hydrogens is 199 g/mol. The van der Waals surface area contributed by atoms with Crippen LogP contribution >= 0.6 is 23.2 Å². The molecule has 4 heteroatoms. The van der Waals surface area contributed by atoms with Crippen LogP contribution in [-0.4, -0.2) is 11.8 Å². The third-order valence-corrected chi connectivity index (χ3v) is 0.979. The van der Waals surface area contributed by atoms with Crippen LogP contribution in [0.3, 0.4) is 0 Å². The van der Waals surface area contributed by atoms with Gasteiger partial charge in [0.2, 0.25) is 0 Å². The van der Waals surface area contributed by atoms with Crippen molar-refractivity contribution in [2.24, 2.45) is 0 Å². The Morgan fingerprint density at radius 2 is 1.67 bits per heavy atom. The van der Waals surface area contributed by atoms with Crippen LogP contribution in [-0.2, 0) is 0 Å². The lowest BCUT2D eigenvalue weighted by atomic mass is 10.3. The second-order valence-corrected chi connectivity index (χ2v) is 2.62. The predicted octanol–water partition coefficient (Wildman–Crippen LogP) is 3.28. The van der Waals surface area contributed by atoms with Gasteiger partial charge in [-0.05, 0) is 35.3 Å². The van der Waals surface area contributed by atoms with Crippen molar-refractivity contribution in [2.45, 2.75) is 0 Å². The topological polar surface area (TPSA) is 26.3 Å². The summed E-state index contributed by atoms with van der Waals surface area (Å²) in [5.41, 5.74) is 0. The third-order valence-electron chi connectivity index (χ3n) is 0.979.